The predicted octanol–water partition coefficient (Wildman–Crippen LogP) is 2.57. The van der Waals surface area contributed by atoms with Gasteiger partial charge in [-0.1, -0.05) is 30.3 Å². The molecule has 0 atom stereocenters. The van der Waals surface area contributed by atoms with E-state index in [1.54, 1.807) is 0 Å². The summed E-state index contributed by atoms with van der Waals surface area (Å²) >= 11 is 0. The molecule has 0 saturated heterocycles. The molecule has 0 bridgehead atoms. The van der Waals surface area contributed by atoms with Gasteiger partial charge in [-0.05, 0) is 17.9 Å². The molecule has 0 unspecified atom stereocenters. The number of ether oxygens (including phenoxy) is 1. The zero-order valence-electron chi connectivity index (χ0n) is 8.82. The van der Waals surface area contributed by atoms with Crippen LogP contribution in [-0.4, -0.2) is 12.4 Å². The molecule has 0 radical (unpaired) electrons. The Balaban J connectivity index is 1.57. The van der Waals surface area contributed by atoms with Gasteiger partial charge in [0.05, 0.1) is 6.61 Å². The molecule has 1 aliphatic carbocycles. The van der Waals surface area contributed by atoms with Crippen molar-refractivity contribution in [1.82, 2.24) is 0 Å². The van der Waals surface area contributed by atoms with E-state index in [1.165, 1.54) is 5.56 Å². The fraction of sp³-hybridized carbons (Fsp3) is 0.462. The maximum Gasteiger partial charge on any atom is 0.133 e. The molecular formula is C13H16O2. The van der Waals surface area contributed by atoms with Gasteiger partial charge in [-0.25, -0.2) is 0 Å². The van der Waals surface area contributed by atoms with Crippen LogP contribution in [0.4, 0.5) is 0 Å². The number of carbonyl (C=O) groups excluding carboxylic acids is 1. The minimum absolute atomic E-state index is 0.406. The molecule has 2 nitrogen and oxygen atoms in total. The van der Waals surface area contributed by atoms with Crippen LogP contribution in [0.15, 0.2) is 30.3 Å². The zero-order valence-corrected chi connectivity index (χ0v) is 8.82. The molecule has 0 aliphatic heterocycles. The summed E-state index contributed by atoms with van der Waals surface area (Å²) in [7, 11) is 0. The third-order valence-corrected chi connectivity index (χ3v) is 2.81. The zero-order chi connectivity index (χ0) is 10.5. The van der Waals surface area contributed by atoms with Crippen molar-refractivity contribution in [3.8, 4) is 0 Å². The van der Waals surface area contributed by atoms with Gasteiger partial charge in [0.1, 0.15) is 5.78 Å². The van der Waals surface area contributed by atoms with Crippen LogP contribution >= 0.6 is 0 Å². The van der Waals surface area contributed by atoms with E-state index < -0.39 is 0 Å². The average molecular weight is 204 g/mol. The van der Waals surface area contributed by atoms with E-state index in [2.05, 4.69) is 12.1 Å². The largest absolute Gasteiger partial charge is 0.377 e. The van der Waals surface area contributed by atoms with Gasteiger partial charge in [-0.3, -0.25) is 4.79 Å². The summed E-state index contributed by atoms with van der Waals surface area (Å²) in [6, 6.07) is 10.2. The minimum Gasteiger partial charge on any atom is -0.377 e. The molecule has 2 rings (SSSR count). The molecule has 0 amide bonds. The van der Waals surface area contributed by atoms with Crippen LogP contribution < -0.4 is 0 Å². The first-order valence-corrected chi connectivity index (χ1v) is 5.48. The number of rotatable bonds is 5. The minimum atomic E-state index is 0.406. The molecule has 1 saturated carbocycles. The fourth-order valence-electron chi connectivity index (χ4n) is 1.80. The molecule has 2 heteroatoms. The summed E-state index contributed by atoms with van der Waals surface area (Å²) in [4.78, 5) is 10.7. The average Bonchev–Trinajstić information content (AvgIpc) is 2.23. The number of Topliss-reactive ketones (excluding diaryl/α,β-unsaturated/α-hetero) is 1. The molecular weight excluding hydrogens is 188 g/mol. The topological polar surface area (TPSA) is 26.3 Å². The number of hydrogen-bond donors (Lipinski definition) is 0. The fourth-order valence-corrected chi connectivity index (χ4v) is 1.80. The predicted molar refractivity (Wildman–Crippen MR) is 58.4 cm³/mol. The second-order valence-electron chi connectivity index (χ2n) is 4.14. The van der Waals surface area contributed by atoms with E-state index in [9.17, 15) is 4.79 Å². The summed E-state index contributed by atoms with van der Waals surface area (Å²) in [5, 5.41) is 0. The van der Waals surface area contributed by atoms with Crippen LogP contribution in [-0.2, 0) is 16.1 Å². The smallest absolute Gasteiger partial charge is 0.133 e. The Kier molecular flexibility index (Phi) is 3.51. The number of carbonyl (C=O) groups is 1. The van der Waals surface area contributed by atoms with E-state index >= 15 is 0 Å². The van der Waals surface area contributed by atoms with Crippen LogP contribution in [0.1, 0.15) is 24.8 Å². The summed E-state index contributed by atoms with van der Waals surface area (Å²) in [5.74, 6) is 0.997. The Morgan fingerprint density at radius 2 is 1.93 bits per heavy atom. The molecule has 0 N–H and O–H groups in total. The number of hydrogen-bond acceptors (Lipinski definition) is 2. The highest BCUT2D eigenvalue weighted by molar-refractivity contribution is 5.84. The van der Waals surface area contributed by atoms with Crippen LogP contribution in [0.2, 0.25) is 0 Å². The summed E-state index contributed by atoms with van der Waals surface area (Å²) in [6.07, 6.45) is 2.57. The van der Waals surface area contributed by atoms with Gasteiger partial charge in [0.15, 0.2) is 0 Å². The van der Waals surface area contributed by atoms with Gasteiger partial charge in [0.25, 0.3) is 0 Å². The molecule has 0 spiro atoms. The SMILES string of the molecule is O=C1CC(CCOCc2ccccc2)C1. The lowest BCUT2D eigenvalue weighted by Crippen LogP contribution is -2.24. The summed E-state index contributed by atoms with van der Waals surface area (Å²) in [6.45, 7) is 1.45. The van der Waals surface area contributed by atoms with E-state index in [-0.39, 0.29) is 0 Å². The monoisotopic (exact) mass is 204 g/mol. The van der Waals surface area contributed by atoms with E-state index in [0.717, 1.165) is 25.9 Å². The highest BCUT2D eigenvalue weighted by atomic mass is 16.5. The molecule has 15 heavy (non-hydrogen) atoms. The Hall–Kier alpha value is -1.15. The molecule has 1 fully saturated rings. The van der Waals surface area contributed by atoms with Gasteiger partial charge in [0, 0.05) is 19.4 Å². The van der Waals surface area contributed by atoms with Crippen molar-refractivity contribution in [3.63, 3.8) is 0 Å². The van der Waals surface area contributed by atoms with Gasteiger partial charge >= 0.3 is 0 Å². The van der Waals surface area contributed by atoms with Gasteiger partial charge in [0.2, 0.25) is 0 Å². The number of benzene rings is 1. The Morgan fingerprint density at radius 1 is 1.20 bits per heavy atom. The lowest BCUT2D eigenvalue weighted by atomic mass is 9.82. The third kappa shape index (κ3) is 3.17. The van der Waals surface area contributed by atoms with Crippen molar-refractivity contribution in [2.24, 2.45) is 5.92 Å². The van der Waals surface area contributed by atoms with Gasteiger partial charge in [-0.15, -0.1) is 0 Å². The first kappa shape index (κ1) is 10.4. The van der Waals surface area contributed by atoms with Crippen LogP contribution in [0.3, 0.4) is 0 Å². The van der Waals surface area contributed by atoms with Crippen LogP contribution in [0, 0.1) is 5.92 Å². The molecule has 1 aliphatic rings. The Bertz CT molecular complexity index is 311. The second kappa shape index (κ2) is 5.08. The maximum atomic E-state index is 10.7. The van der Waals surface area contributed by atoms with Crippen LogP contribution in [0.5, 0.6) is 0 Å². The van der Waals surface area contributed by atoms with Crippen LogP contribution in [0.25, 0.3) is 0 Å². The van der Waals surface area contributed by atoms with Crippen molar-refractivity contribution in [1.29, 1.82) is 0 Å². The highest BCUT2D eigenvalue weighted by Gasteiger charge is 2.25. The van der Waals surface area contributed by atoms with Crippen molar-refractivity contribution >= 4 is 5.78 Å². The first-order valence-electron chi connectivity index (χ1n) is 5.48. The van der Waals surface area contributed by atoms with Gasteiger partial charge < -0.3 is 4.74 Å². The van der Waals surface area contributed by atoms with Crippen molar-refractivity contribution < 1.29 is 9.53 Å². The van der Waals surface area contributed by atoms with Crippen molar-refractivity contribution in [2.75, 3.05) is 6.61 Å². The highest BCUT2D eigenvalue weighted by Crippen LogP contribution is 2.25. The normalized spacial score (nSPS) is 16.4. The lowest BCUT2D eigenvalue weighted by molar-refractivity contribution is -0.127. The van der Waals surface area contributed by atoms with E-state index in [4.69, 9.17) is 4.74 Å². The van der Waals surface area contributed by atoms with Gasteiger partial charge in [-0.2, -0.15) is 0 Å². The Morgan fingerprint density at radius 3 is 2.60 bits per heavy atom. The second-order valence-corrected chi connectivity index (χ2v) is 4.14. The molecule has 80 valence electrons. The standard InChI is InChI=1S/C13H16O2/c14-13-8-12(9-13)6-7-15-10-11-4-2-1-3-5-11/h1-5,12H,6-10H2. The maximum absolute atomic E-state index is 10.7. The summed E-state index contributed by atoms with van der Waals surface area (Å²) in [5.41, 5.74) is 1.21. The van der Waals surface area contributed by atoms with E-state index in [1.807, 2.05) is 18.2 Å². The molecule has 1 aromatic rings. The van der Waals surface area contributed by atoms with Crippen molar-refractivity contribution in [3.05, 3.63) is 35.9 Å². The summed E-state index contributed by atoms with van der Waals surface area (Å²) < 4.78 is 5.55. The molecule has 0 heterocycles. The Labute approximate surface area is 90.3 Å². The first-order chi connectivity index (χ1) is 7.34. The molecule has 0 aromatic heterocycles. The quantitative estimate of drug-likeness (QED) is 0.689. The lowest BCUT2D eigenvalue weighted by Gasteiger charge is -2.23. The molecule has 1 aromatic carbocycles. The number of ketones is 1. The van der Waals surface area contributed by atoms with Crippen molar-refractivity contribution in [2.45, 2.75) is 25.9 Å². The third-order valence-electron chi connectivity index (χ3n) is 2.81. The van der Waals surface area contributed by atoms with E-state index in [0.29, 0.717) is 18.3 Å².